The maximum atomic E-state index is 6.32. The van der Waals surface area contributed by atoms with E-state index in [-0.39, 0.29) is 5.92 Å². The van der Waals surface area contributed by atoms with Gasteiger partial charge in [0.05, 0.1) is 5.56 Å². The fraction of sp³-hybridized carbons (Fsp3) is 0.333. The van der Waals surface area contributed by atoms with Crippen LogP contribution in [0.15, 0.2) is 30.3 Å². The molecule has 0 atom stereocenters. The summed E-state index contributed by atoms with van der Waals surface area (Å²) in [6, 6.07) is 9.72. The van der Waals surface area contributed by atoms with Gasteiger partial charge in [0.25, 0.3) is 0 Å². The number of benzene rings is 1. The first-order valence-corrected chi connectivity index (χ1v) is 7.37. The van der Waals surface area contributed by atoms with E-state index in [1.807, 2.05) is 30.3 Å². The SMILES string of the molecule is Clc1nc(C2CCOCC2)nc(Cl)c1-c1ccccc1. The van der Waals surface area contributed by atoms with Crippen LogP contribution < -0.4 is 0 Å². The molecule has 0 aliphatic carbocycles. The summed E-state index contributed by atoms with van der Waals surface area (Å²) in [7, 11) is 0. The van der Waals surface area contributed by atoms with E-state index in [1.54, 1.807) is 0 Å². The van der Waals surface area contributed by atoms with Crippen LogP contribution in [-0.4, -0.2) is 23.2 Å². The van der Waals surface area contributed by atoms with Crippen molar-refractivity contribution < 1.29 is 4.74 Å². The summed E-state index contributed by atoms with van der Waals surface area (Å²) in [5.74, 6) is 1.01. The van der Waals surface area contributed by atoms with Crippen molar-refractivity contribution in [1.82, 2.24) is 9.97 Å². The summed E-state index contributed by atoms with van der Waals surface area (Å²) >= 11 is 12.6. The fourth-order valence-corrected chi connectivity index (χ4v) is 3.02. The Morgan fingerprint density at radius 2 is 1.55 bits per heavy atom. The highest BCUT2D eigenvalue weighted by atomic mass is 35.5. The van der Waals surface area contributed by atoms with Crippen LogP contribution in [0, 0.1) is 0 Å². The van der Waals surface area contributed by atoms with E-state index in [2.05, 4.69) is 9.97 Å². The molecule has 3 rings (SSSR count). The van der Waals surface area contributed by atoms with Crippen LogP contribution in [0.4, 0.5) is 0 Å². The Morgan fingerprint density at radius 1 is 0.950 bits per heavy atom. The Kier molecular flexibility index (Phi) is 4.20. The van der Waals surface area contributed by atoms with Crippen LogP contribution in [0.2, 0.25) is 10.3 Å². The zero-order chi connectivity index (χ0) is 13.9. The first kappa shape index (κ1) is 13.8. The second-order valence-electron chi connectivity index (χ2n) is 4.79. The van der Waals surface area contributed by atoms with Crippen molar-refractivity contribution in [1.29, 1.82) is 0 Å². The Labute approximate surface area is 127 Å². The molecule has 1 saturated heterocycles. The van der Waals surface area contributed by atoms with Crippen LogP contribution in [0.1, 0.15) is 24.6 Å². The minimum atomic E-state index is 0.281. The first-order chi connectivity index (χ1) is 9.75. The van der Waals surface area contributed by atoms with Gasteiger partial charge in [0, 0.05) is 19.1 Å². The molecular weight excluding hydrogens is 295 g/mol. The largest absolute Gasteiger partial charge is 0.381 e. The lowest BCUT2D eigenvalue weighted by Gasteiger charge is -2.21. The van der Waals surface area contributed by atoms with Gasteiger partial charge in [-0.3, -0.25) is 0 Å². The number of nitrogens with zero attached hydrogens (tertiary/aromatic N) is 2. The maximum absolute atomic E-state index is 6.32. The van der Waals surface area contributed by atoms with E-state index in [4.69, 9.17) is 27.9 Å². The monoisotopic (exact) mass is 308 g/mol. The van der Waals surface area contributed by atoms with Gasteiger partial charge in [-0.15, -0.1) is 0 Å². The third-order valence-electron chi connectivity index (χ3n) is 3.49. The summed E-state index contributed by atoms with van der Waals surface area (Å²) in [4.78, 5) is 8.90. The average molecular weight is 309 g/mol. The van der Waals surface area contributed by atoms with Crippen LogP contribution in [0.25, 0.3) is 11.1 Å². The van der Waals surface area contributed by atoms with Gasteiger partial charge in [0.15, 0.2) is 0 Å². The summed E-state index contributed by atoms with van der Waals surface area (Å²) in [5.41, 5.74) is 1.63. The summed E-state index contributed by atoms with van der Waals surface area (Å²) in [6.07, 6.45) is 1.83. The minimum absolute atomic E-state index is 0.281. The van der Waals surface area contributed by atoms with E-state index < -0.39 is 0 Å². The number of hydrogen-bond acceptors (Lipinski definition) is 3. The van der Waals surface area contributed by atoms with Crippen molar-refractivity contribution in [2.24, 2.45) is 0 Å². The summed E-state index contributed by atoms with van der Waals surface area (Å²) in [6.45, 7) is 1.48. The molecule has 0 saturated carbocycles. The van der Waals surface area contributed by atoms with Gasteiger partial charge >= 0.3 is 0 Å². The van der Waals surface area contributed by atoms with Crippen molar-refractivity contribution in [2.45, 2.75) is 18.8 Å². The molecule has 104 valence electrons. The lowest BCUT2D eigenvalue weighted by molar-refractivity contribution is 0.0836. The molecule has 0 amide bonds. The highest BCUT2D eigenvalue weighted by molar-refractivity contribution is 6.37. The van der Waals surface area contributed by atoms with E-state index in [0.29, 0.717) is 15.9 Å². The second kappa shape index (κ2) is 6.08. The zero-order valence-electron chi connectivity index (χ0n) is 10.9. The first-order valence-electron chi connectivity index (χ1n) is 6.62. The zero-order valence-corrected chi connectivity index (χ0v) is 12.4. The molecule has 1 aliphatic rings. The normalized spacial score (nSPS) is 16.3. The molecule has 0 unspecified atom stereocenters. The van der Waals surface area contributed by atoms with Crippen molar-refractivity contribution in [3.63, 3.8) is 0 Å². The van der Waals surface area contributed by atoms with Gasteiger partial charge < -0.3 is 4.74 Å². The second-order valence-corrected chi connectivity index (χ2v) is 5.51. The molecule has 3 nitrogen and oxygen atoms in total. The Balaban J connectivity index is 1.98. The molecule has 20 heavy (non-hydrogen) atoms. The number of ether oxygens (including phenoxy) is 1. The molecule has 0 spiro atoms. The average Bonchev–Trinajstić information content (AvgIpc) is 2.48. The number of aromatic nitrogens is 2. The molecule has 0 N–H and O–H groups in total. The van der Waals surface area contributed by atoms with Gasteiger partial charge in [-0.1, -0.05) is 53.5 Å². The Morgan fingerprint density at radius 3 is 2.15 bits per heavy atom. The topological polar surface area (TPSA) is 35.0 Å². The fourth-order valence-electron chi connectivity index (χ4n) is 2.40. The molecular formula is C15H14Cl2N2O. The summed E-state index contributed by atoms with van der Waals surface area (Å²) < 4.78 is 5.35. The van der Waals surface area contributed by atoms with Crippen LogP contribution in [0.3, 0.4) is 0 Å². The molecule has 1 aliphatic heterocycles. The van der Waals surface area contributed by atoms with E-state index in [0.717, 1.165) is 37.4 Å². The molecule has 1 fully saturated rings. The van der Waals surface area contributed by atoms with Crippen LogP contribution in [0.5, 0.6) is 0 Å². The maximum Gasteiger partial charge on any atom is 0.142 e. The van der Waals surface area contributed by atoms with Crippen LogP contribution >= 0.6 is 23.2 Å². The molecule has 5 heteroatoms. The highest BCUT2D eigenvalue weighted by Crippen LogP contribution is 2.34. The molecule has 2 aromatic rings. The van der Waals surface area contributed by atoms with E-state index in [9.17, 15) is 0 Å². The quantitative estimate of drug-likeness (QED) is 0.774. The van der Waals surface area contributed by atoms with E-state index in [1.165, 1.54) is 0 Å². The third kappa shape index (κ3) is 2.80. The Hall–Kier alpha value is -1.16. The number of hydrogen-bond donors (Lipinski definition) is 0. The van der Waals surface area contributed by atoms with Gasteiger partial charge in [0.2, 0.25) is 0 Å². The molecule has 1 aromatic heterocycles. The van der Waals surface area contributed by atoms with Gasteiger partial charge in [-0.25, -0.2) is 9.97 Å². The molecule has 1 aromatic carbocycles. The standard InChI is InChI=1S/C15H14Cl2N2O/c16-13-12(10-4-2-1-3-5-10)14(17)19-15(18-13)11-6-8-20-9-7-11/h1-5,11H,6-9H2. The van der Waals surface area contributed by atoms with Crippen molar-refractivity contribution >= 4 is 23.2 Å². The van der Waals surface area contributed by atoms with Gasteiger partial charge in [-0.05, 0) is 18.4 Å². The van der Waals surface area contributed by atoms with Crippen molar-refractivity contribution in [3.05, 3.63) is 46.5 Å². The van der Waals surface area contributed by atoms with Gasteiger partial charge in [-0.2, -0.15) is 0 Å². The molecule has 0 bridgehead atoms. The van der Waals surface area contributed by atoms with Crippen molar-refractivity contribution in [2.75, 3.05) is 13.2 Å². The predicted octanol–water partition coefficient (Wildman–Crippen LogP) is 4.34. The predicted molar refractivity (Wildman–Crippen MR) is 80.3 cm³/mol. The van der Waals surface area contributed by atoms with Crippen molar-refractivity contribution in [3.8, 4) is 11.1 Å². The minimum Gasteiger partial charge on any atom is -0.381 e. The lowest BCUT2D eigenvalue weighted by atomic mass is 9.99. The number of halogens is 2. The molecule has 2 heterocycles. The Bertz CT molecular complexity index is 575. The third-order valence-corrected chi connectivity index (χ3v) is 4.03. The smallest absolute Gasteiger partial charge is 0.142 e. The number of rotatable bonds is 2. The van der Waals surface area contributed by atoms with Gasteiger partial charge in [0.1, 0.15) is 16.1 Å². The van der Waals surface area contributed by atoms with E-state index >= 15 is 0 Å². The lowest BCUT2D eigenvalue weighted by Crippen LogP contribution is -2.16. The highest BCUT2D eigenvalue weighted by Gasteiger charge is 2.22. The summed E-state index contributed by atoms with van der Waals surface area (Å²) in [5, 5.41) is 0.829. The van der Waals surface area contributed by atoms with Crippen LogP contribution in [-0.2, 0) is 4.74 Å². The molecule has 0 radical (unpaired) electrons.